The number of hydrogen-bond donors (Lipinski definition) is 2. The van der Waals surface area contributed by atoms with Crippen LogP contribution in [-0.2, 0) is 4.79 Å². The number of piperidine rings is 1. The first-order valence-electron chi connectivity index (χ1n) is 6.92. The first-order valence-corrected chi connectivity index (χ1v) is 6.92. The summed E-state index contributed by atoms with van der Waals surface area (Å²) in [4.78, 5) is 14.3. The molecule has 1 aliphatic heterocycles. The summed E-state index contributed by atoms with van der Waals surface area (Å²) in [6.45, 7) is 11.6. The van der Waals surface area contributed by atoms with Gasteiger partial charge in [0.15, 0.2) is 0 Å². The SMILES string of the molecule is CCN(CC(C)(C)O)C(=O)C1NCCCC1(C)C. The molecule has 2 N–H and O–H groups in total. The van der Waals surface area contributed by atoms with Crippen molar-refractivity contribution in [3.63, 3.8) is 0 Å². The van der Waals surface area contributed by atoms with Crippen LogP contribution in [0.25, 0.3) is 0 Å². The molecule has 1 atom stereocenters. The van der Waals surface area contributed by atoms with Crippen molar-refractivity contribution >= 4 is 5.91 Å². The van der Waals surface area contributed by atoms with E-state index in [2.05, 4.69) is 19.2 Å². The van der Waals surface area contributed by atoms with E-state index in [0.717, 1.165) is 19.4 Å². The number of nitrogens with zero attached hydrogens (tertiary/aromatic N) is 1. The van der Waals surface area contributed by atoms with Crippen molar-refractivity contribution in [2.45, 2.75) is 59.1 Å². The van der Waals surface area contributed by atoms with Gasteiger partial charge in [-0.05, 0) is 45.6 Å². The summed E-state index contributed by atoms with van der Waals surface area (Å²) in [5.41, 5.74) is -0.854. The molecule has 1 amide bonds. The second-order valence-electron chi connectivity index (χ2n) is 6.64. The zero-order chi connectivity index (χ0) is 14.0. The van der Waals surface area contributed by atoms with Crippen molar-refractivity contribution in [1.29, 1.82) is 0 Å². The predicted molar refractivity (Wildman–Crippen MR) is 73.4 cm³/mol. The van der Waals surface area contributed by atoms with Gasteiger partial charge in [0, 0.05) is 13.1 Å². The highest BCUT2D eigenvalue weighted by molar-refractivity contribution is 5.83. The number of amides is 1. The van der Waals surface area contributed by atoms with E-state index in [4.69, 9.17) is 0 Å². The van der Waals surface area contributed by atoms with Crippen LogP contribution in [0.4, 0.5) is 0 Å². The molecule has 1 aliphatic rings. The first-order chi connectivity index (χ1) is 8.17. The summed E-state index contributed by atoms with van der Waals surface area (Å²) in [5, 5.41) is 13.2. The van der Waals surface area contributed by atoms with Crippen LogP contribution < -0.4 is 5.32 Å². The Bertz CT molecular complexity index is 295. The normalized spacial score (nSPS) is 23.8. The maximum absolute atomic E-state index is 12.6. The molecule has 1 unspecified atom stereocenters. The lowest BCUT2D eigenvalue weighted by atomic mass is 9.77. The van der Waals surface area contributed by atoms with Crippen LogP contribution in [0.2, 0.25) is 0 Å². The van der Waals surface area contributed by atoms with E-state index in [0.29, 0.717) is 13.1 Å². The highest BCUT2D eigenvalue weighted by atomic mass is 16.3. The smallest absolute Gasteiger partial charge is 0.240 e. The number of aliphatic hydroxyl groups is 1. The minimum absolute atomic E-state index is 0.0116. The summed E-state index contributed by atoms with van der Waals surface area (Å²) in [6, 6.07) is -0.131. The van der Waals surface area contributed by atoms with Crippen molar-refractivity contribution in [3.8, 4) is 0 Å². The van der Waals surface area contributed by atoms with Gasteiger partial charge in [-0.2, -0.15) is 0 Å². The maximum Gasteiger partial charge on any atom is 0.240 e. The number of likely N-dealkylation sites (N-methyl/N-ethyl adjacent to an activating group) is 1. The van der Waals surface area contributed by atoms with E-state index in [1.807, 2.05) is 6.92 Å². The van der Waals surface area contributed by atoms with E-state index in [1.165, 1.54) is 0 Å². The highest BCUT2D eigenvalue weighted by Crippen LogP contribution is 2.31. The molecule has 0 bridgehead atoms. The molecule has 18 heavy (non-hydrogen) atoms. The summed E-state index contributed by atoms with van der Waals surface area (Å²) in [5.74, 6) is 0.115. The van der Waals surface area contributed by atoms with Crippen LogP contribution in [0.15, 0.2) is 0 Å². The molecule has 0 aromatic rings. The Hall–Kier alpha value is -0.610. The van der Waals surface area contributed by atoms with Gasteiger partial charge in [0.05, 0.1) is 11.6 Å². The molecule has 0 saturated carbocycles. The van der Waals surface area contributed by atoms with Gasteiger partial charge in [0.25, 0.3) is 0 Å². The second-order valence-corrected chi connectivity index (χ2v) is 6.64. The largest absolute Gasteiger partial charge is 0.389 e. The summed E-state index contributed by atoms with van der Waals surface area (Å²) < 4.78 is 0. The van der Waals surface area contributed by atoms with Gasteiger partial charge in [-0.1, -0.05) is 13.8 Å². The average molecular weight is 256 g/mol. The third kappa shape index (κ3) is 3.95. The van der Waals surface area contributed by atoms with Crippen molar-refractivity contribution in [1.82, 2.24) is 10.2 Å². The van der Waals surface area contributed by atoms with Crippen molar-refractivity contribution in [2.75, 3.05) is 19.6 Å². The summed E-state index contributed by atoms with van der Waals surface area (Å²) in [6.07, 6.45) is 2.19. The number of hydrogen-bond acceptors (Lipinski definition) is 3. The molecule has 1 saturated heterocycles. The molecule has 1 heterocycles. The lowest BCUT2D eigenvalue weighted by Crippen LogP contribution is -2.58. The third-order valence-corrected chi connectivity index (χ3v) is 3.65. The lowest BCUT2D eigenvalue weighted by Gasteiger charge is -2.41. The number of rotatable bonds is 4. The monoisotopic (exact) mass is 256 g/mol. The van der Waals surface area contributed by atoms with Gasteiger partial charge in [-0.15, -0.1) is 0 Å². The van der Waals surface area contributed by atoms with Crippen molar-refractivity contribution < 1.29 is 9.90 Å². The molecule has 106 valence electrons. The fourth-order valence-corrected chi connectivity index (χ4v) is 2.63. The molecule has 0 radical (unpaired) electrons. The molecular weight excluding hydrogens is 228 g/mol. The van der Waals surface area contributed by atoms with Crippen molar-refractivity contribution in [2.24, 2.45) is 5.41 Å². The zero-order valence-corrected chi connectivity index (χ0v) is 12.4. The topological polar surface area (TPSA) is 52.6 Å². The standard InChI is InChI=1S/C14H28N2O2/c1-6-16(10-14(4,5)18)12(17)11-13(2,3)8-7-9-15-11/h11,15,18H,6-10H2,1-5H3. The molecule has 0 aromatic heterocycles. The molecule has 0 spiro atoms. The minimum atomic E-state index is -0.843. The molecule has 0 aromatic carbocycles. The lowest BCUT2D eigenvalue weighted by molar-refractivity contribution is -0.140. The molecule has 4 heteroatoms. The van der Waals surface area contributed by atoms with E-state index in [-0.39, 0.29) is 17.4 Å². The highest BCUT2D eigenvalue weighted by Gasteiger charge is 2.39. The molecule has 1 rings (SSSR count). The van der Waals surface area contributed by atoms with Crippen LogP contribution in [0.3, 0.4) is 0 Å². The van der Waals surface area contributed by atoms with Gasteiger partial charge in [-0.25, -0.2) is 0 Å². The zero-order valence-electron chi connectivity index (χ0n) is 12.4. The number of nitrogens with one attached hydrogen (secondary N) is 1. The Labute approximate surface area is 111 Å². The predicted octanol–water partition coefficient (Wildman–Crippen LogP) is 1.38. The van der Waals surface area contributed by atoms with Crippen LogP contribution in [0, 0.1) is 5.41 Å². The summed E-state index contributed by atoms with van der Waals surface area (Å²) in [7, 11) is 0. The van der Waals surface area contributed by atoms with Crippen LogP contribution in [0.5, 0.6) is 0 Å². The van der Waals surface area contributed by atoms with Crippen LogP contribution in [-0.4, -0.2) is 47.2 Å². The van der Waals surface area contributed by atoms with E-state index >= 15 is 0 Å². The van der Waals surface area contributed by atoms with Crippen LogP contribution in [0.1, 0.15) is 47.5 Å². The maximum atomic E-state index is 12.6. The molecule has 1 fully saturated rings. The molecular formula is C14H28N2O2. The fourth-order valence-electron chi connectivity index (χ4n) is 2.63. The summed E-state index contributed by atoms with van der Waals surface area (Å²) >= 11 is 0. The van der Waals surface area contributed by atoms with E-state index < -0.39 is 5.60 Å². The van der Waals surface area contributed by atoms with Gasteiger partial charge in [0.1, 0.15) is 0 Å². The third-order valence-electron chi connectivity index (χ3n) is 3.65. The van der Waals surface area contributed by atoms with Gasteiger partial charge < -0.3 is 15.3 Å². The minimum Gasteiger partial charge on any atom is -0.389 e. The van der Waals surface area contributed by atoms with E-state index in [9.17, 15) is 9.90 Å². The Morgan fingerprint density at radius 1 is 1.50 bits per heavy atom. The van der Waals surface area contributed by atoms with Gasteiger partial charge in [-0.3, -0.25) is 4.79 Å². The van der Waals surface area contributed by atoms with Gasteiger partial charge >= 0.3 is 0 Å². The Morgan fingerprint density at radius 2 is 2.11 bits per heavy atom. The van der Waals surface area contributed by atoms with Crippen molar-refractivity contribution in [3.05, 3.63) is 0 Å². The number of carbonyl (C=O) groups is 1. The van der Waals surface area contributed by atoms with E-state index in [1.54, 1.807) is 18.7 Å². The average Bonchev–Trinajstić information content (AvgIpc) is 2.23. The van der Waals surface area contributed by atoms with Crippen LogP contribution >= 0.6 is 0 Å². The first kappa shape index (κ1) is 15.4. The fraction of sp³-hybridized carbons (Fsp3) is 0.929. The number of carbonyl (C=O) groups excluding carboxylic acids is 1. The Morgan fingerprint density at radius 3 is 2.56 bits per heavy atom. The quantitative estimate of drug-likeness (QED) is 0.799. The second kappa shape index (κ2) is 5.57. The molecule has 4 nitrogen and oxygen atoms in total. The Kier molecular flexibility index (Phi) is 4.78. The molecule has 0 aliphatic carbocycles. The Balaban J connectivity index is 2.77. The van der Waals surface area contributed by atoms with Gasteiger partial charge in [0.2, 0.25) is 5.91 Å².